The zero-order chi connectivity index (χ0) is 14.0. The van der Waals surface area contributed by atoms with Gasteiger partial charge in [-0.2, -0.15) is 0 Å². The zero-order valence-electron chi connectivity index (χ0n) is 12.5. The molecule has 0 N–H and O–H groups in total. The Bertz CT molecular complexity index is 411. The molecule has 2 heteroatoms. The van der Waals surface area contributed by atoms with E-state index in [-0.39, 0.29) is 0 Å². The Hall–Kier alpha value is -0.0600. The van der Waals surface area contributed by atoms with E-state index in [9.17, 15) is 0 Å². The minimum Gasteiger partial charge on any atom is -0.304 e. The zero-order valence-corrected chi connectivity index (χ0v) is 14.2. The Morgan fingerprint density at radius 1 is 0.900 bits per heavy atom. The molecule has 0 amide bonds. The summed E-state index contributed by atoms with van der Waals surface area (Å²) in [5, 5.41) is 1.58. The van der Waals surface area contributed by atoms with Crippen LogP contribution in [0.5, 0.6) is 0 Å². The standard InChI is InChI=1S/C18H26ClP/c1-15-10-12-18(13-11-15)20(14-19,16-6-2-3-7-16)17-8-4-5-9-17/h10-14,16-17H,2-9H2,1H3. The van der Waals surface area contributed by atoms with Crippen LogP contribution >= 0.6 is 18.9 Å². The van der Waals surface area contributed by atoms with Crippen LogP contribution in [0.1, 0.15) is 56.9 Å². The Morgan fingerprint density at radius 3 is 1.75 bits per heavy atom. The molecular formula is C18H26ClP. The average molecular weight is 309 g/mol. The fourth-order valence-corrected chi connectivity index (χ4v) is 10.7. The van der Waals surface area contributed by atoms with E-state index in [1.165, 1.54) is 56.9 Å². The molecule has 1 aromatic carbocycles. The molecule has 0 saturated heterocycles. The van der Waals surface area contributed by atoms with Crippen LogP contribution in [0.4, 0.5) is 0 Å². The maximum absolute atomic E-state index is 6.58. The van der Waals surface area contributed by atoms with Gasteiger partial charge >= 0.3 is 0 Å². The van der Waals surface area contributed by atoms with Gasteiger partial charge in [-0.05, 0) is 70.4 Å². The summed E-state index contributed by atoms with van der Waals surface area (Å²) in [6.07, 6.45) is 11.3. The van der Waals surface area contributed by atoms with E-state index in [1.807, 2.05) is 0 Å². The number of aryl methyl sites for hydroxylation is 1. The van der Waals surface area contributed by atoms with E-state index in [0.29, 0.717) is 0 Å². The molecule has 110 valence electrons. The maximum Gasteiger partial charge on any atom is 0.0664 e. The van der Waals surface area contributed by atoms with Crippen LogP contribution in [0.3, 0.4) is 0 Å². The first-order valence-electron chi connectivity index (χ1n) is 8.17. The predicted octanol–water partition coefficient (Wildman–Crippen LogP) is 5.88. The van der Waals surface area contributed by atoms with Gasteiger partial charge in [-0.15, -0.1) is 0 Å². The Morgan fingerprint density at radius 2 is 1.35 bits per heavy atom. The molecule has 0 unspecified atom stereocenters. The third-order valence-electron chi connectivity index (χ3n) is 5.50. The van der Waals surface area contributed by atoms with E-state index in [0.717, 1.165) is 11.3 Å². The molecule has 0 radical (unpaired) electrons. The van der Waals surface area contributed by atoms with E-state index in [1.54, 1.807) is 5.30 Å². The van der Waals surface area contributed by atoms with Crippen molar-refractivity contribution in [3.05, 3.63) is 35.5 Å². The minimum absolute atomic E-state index is 0.866. The lowest BCUT2D eigenvalue weighted by atomic mass is 10.2. The molecule has 0 atom stereocenters. The van der Waals surface area contributed by atoms with Crippen LogP contribution in [0, 0.1) is 12.5 Å². The van der Waals surface area contributed by atoms with Gasteiger partial charge in [0.15, 0.2) is 0 Å². The smallest absolute Gasteiger partial charge is 0.0664 e. The molecule has 1 aromatic rings. The molecule has 0 aliphatic heterocycles. The summed E-state index contributed by atoms with van der Waals surface area (Å²) in [6.45, 7) is 2.18. The molecule has 2 aliphatic carbocycles. The van der Waals surface area contributed by atoms with Crippen molar-refractivity contribution < 1.29 is 0 Å². The highest BCUT2D eigenvalue weighted by Gasteiger charge is 2.48. The summed E-state index contributed by atoms with van der Waals surface area (Å²) in [5.74, 6) is 0. The van der Waals surface area contributed by atoms with Crippen LogP contribution in [-0.4, -0.2) is 11.3 Å². The predicted molar refractivity (Wildman–Crippen MR) is 92.4 cm³/mol. The Labute approximate surface area is 129 Å². The topological polar surface area (TPSA) is 0 Å². The SMILES string of the molecule is Cc1ccc([P+]([CH-]Cl)(C2CCCC2)C2CCCC2)cc1. The highest BCUT2D eigenvalue weighted by Crippen LogP contribution is 2.74. The Kier molecular flexibility index (Phi) is 4.73. The number of halogens is 1. The lowest BCUT2D eigenvalue weighted by molar-refractivity contribution is 0.823. The van der Waals surface area contributed by atoms with E-state index in [2.05, 4.69) is 36.8 Å². The van der Waals surface area contributed by atoms with Gasteiger partial charge in [0.05, 0.1) is 5.30 Å². The second kappa shape index (κ2) is 6.37. The number of benzene rings is 1. The fourth-order valence-electron chi connectivity index (χ4n) is 4.40. The van der Waals surface area contributed by atoms with Crippen LogP contribution in [-0.2, 0) is 0 Å². The molecule has 0 nitrogen and oxygen atoms in total. The Balaban J connectivity index is 2.02. The van der Waals surface area contributed by atoms with Crippen LogP contribution < -0.4 is 5.30 Å². The van der Waals surface area contributed by atoms with Crippen LogP contribution in [0.15, 0.2) is 24.3 Å². The first-order chi connectivity index (χ1) is 9.77. The molecule has 0 spiro atoms. The summed E-state index contributed by atoms with van der Waals surface area (Å²) in [6, 6.07) is 9.35. The summed E-state index contributed by atoms with van der Waals surface area (Å²) in [7, 11) is -1.30. The second-order valence-corrected chi connectivity index (χ2v) is 11.1. The van der Waals surface area contributed by atoms with Gasteiger partial charge in [0, 0.05) is 11.3 Å². The number of hydrogen-bond acceptors (Lipinski definition) is 0. The highest BCUT2D eigenvalue weighted by molar-refractivity contribution is 7.87. The van der Waals surface area contributed by atoms with Crippen molar-refractivity contribution in [2.75, 3.05) is 0 Å². The van der Waals surface area contributed by atoms with Gasteiger partial charge < -0.3 is 11.6 Å². The molecule has 0 aromatic heterocycles. The third-order valence-corrected chi connectivity index (χ3v) is 11.4. The largest absolute Gasteiger partial charge is 0.304 e. The molecule has 0 heterocycles. The van der Waals surface area contributed by atoms with Gasteiger partial charge in [-0.3, -0.25) is 0 Å². The van der Waals surface area contributed by atoms with Crippen molar-refractivity contribution in [1.29, 1.82) is 0 Å². The van der Waals surface area contributed by atoms with Crippen molar-refractivity contribution in [2.24, 2.45) is 0 Å². The van der Waals surface area contributed by atoms with Gasteiger partial charge in [-0.25, -0.2) is 0 Å². The van der Waals surface area contributed by atoms with Gasteiger partial charge in [0.2, 0.25) is 0 Å². The number of hydrogen-bond donors (Lipinski definition) is 0. The molecule has 20 heavy (non-hydrogen) atoms. The van der Waals surface area contributed by atoms with Crippen molar-refractivity contribution in [2.45, 2.75) is 69.6 Å². The molecule has 2 saturated carbocycles. The molecule has 3 rings (SSSR count). The highest BCUT2D eigenvalue weighted by atomic mass is 35.5. The van der Waals surface area contributed by atoms with Crippen molar-refractivity contribution >= 4 is 24.2 Å². The minimum atomic E-state index is -1.30. The van der Waals surface area contributed by atoms with Gasteiger partial charge in [0.1, 0.15) is 0 Å². The molecular weight excluding hydrogens is 283 g/mol. The van der Waals surface area contributed by atoms with E-state index >= 15 is 0 Å². The third kappa shape index (κ3) is 2.55. The van der Waals surface area contributed by atoms with E-state index < -0.39 is 7.26 Å². The summed E-state index contributed by atoms with van der Waals surface area (Å²) in [5.41, 5.74) is 5.26. The first-order valence-corrected chi connectivity index (χ1v) is 10.6. The average Bonchev–Trinajstić information content (AvgIpc) is 3.15. The lowest BCUT2D eigenvalue weighted by Gasteiger charge is -2.43. The maximum atomic E-state index is 6.58. The molecule has 0 bridgehead atoms. The quantitative estimate of drug-likeness (QED) is 0.481. The monoisotopic (exact) mass is 308 g/mol. The van der Waals surface area contributed by atoms with Gasteiger partial charge in [-0.1, -0.05) is 30.6 Å². The van der Waals surface area contributed by atoms with Crippen molar-refractivity contribution in [3.8, 4) is 0 Å². The summed E-state index contributed by atoms with van der Waals surface area (Å²) >= 11 is 6.58. The van der Waals surface area contributed by atoms with Gasteiger partial charge in [0.25, 0.3) is 0 Å². The molecule has 2 fully saturated rings. The summed E-state index contributed by atoms with van der Waals surface area (Å²) in [4.78, 5) is 0. The van der Waals surface area contributed by atoms with Crippen LogP contribution in [0.2, 0.25) is 0 Å². The normalized spacial score (nSPS) is 21.7. The second-order valence-electron chi connectivity index (χ2n) is 6.64. The number of rotatable bonds is 4. The fraction of sp³-hybridized carbons (Fsp3) is 0.611. The first kappa shape index (κ1) is 14.9. The van der Waals surface area contributed by atoms with E-state index in [4.69, 9.17) is 11.6 Å². The molecule has 2 aliphatic rings. The lowest BCUT2D eigenvalue weighted by Crippen LogP contribution is -2.29. The van der Waals surface area contributed by atoms with Crippen molar-refractivity contribution in [3.63, 3.8) is 0 Å². The van der Waals surface area contributed by atoms with Crippen LogP contribution in [0.25, 0.3) is 0 Å². The van der Waals surface area contributed by atoms with Crippen molar-refractivity contribution in [1.82, 2.24) is 0 Å². The summed E-state index contributed by atoms with van der Waals surface area (Å²) < 4.78 is 0.